The molecule has 1 N–H and O–H groups in total. The van der Waals surface area contributed by atoms with Crippen LogP contribution in [-0.4, -0.2) is 31.2 Å². The van der Waals surface area contributed by atoms with Crippen LogP contribution in [0.1, 0.15) is 12.0 Å². The van der Waals surface area contributed by atoms with Crippen molar-refractivity contribution in [3.63, 3.8) is 0 Å². The van der Waals surface area contributed by atoms with Crippen LogP contribution in [0.2, 0.25) is 0 Å². The lowest BCUT2D eigenvalue weighted by atomic mass is 9.89. The van der Waals surface area contributed by atoms with Crippen LogP contribution >= 0.6 is 23.2 Å². The van der Waals surface area contributed by atoms with Gasteiger partial charge in [-0.25, -0.2) is 0 Å². The van der Waals surface area contributed by atoms with E-state index in [1.54, 1.807) is 7.05 Å². The molecule has 1 aliphatic rings. The molecule has 1 aliphatic carbocycles. The molecule has 0 radical (unpaired) electrons. The molecule has 0 saturated heterocycles. The number of hydrogen-bond acceptors (Lipinski definition) is 2. The van der Waals surface area contributed by atoms with E-state index in [4.69, 9.17) is 27.9 Å². The molecule has 2 rings (SSSR count). The number of alkyl halides is 7. The average molecular weight is 448 g/mol. The first kappa shape index (κ1) is 22.9. The summed E-state index contributed by atoms with van der Waals surface area (Å²) in [5, 5.41) is 2.04. The maximum Gasteiger partial charge on any atom is 0.416 e. The number of halogens is 8. The number of ether oxygens (including phenoxy) is 1. The first-order chi connectivity index (χ1) is 12.9. The Morgan fingerprint density at radius 1 is 1.11 bits per heavy atom. The monoisotopic (exact) mass is 447 g/mol. The Morgan fingerprint density at radius 2 is 1.71 bits per heavy atom. The van der Waals surface area contributed by atoms with Crippen LogP contribution < -0.4 is 10.1 Å². The van der Waals surface area contributed by atoms with Crippen molar-refractivity contribution >= 4 is 23.2 Å². The van der Waals surface area contributed by atoms with Gasteiger partial charge in [0.1, 0.15) is 11.9 Å². The minimum absolute atomic E-state index is 0.00540. The quantitative estimate of drug-likeness (QED) is 0.432. The number of rotatable bonds is 6. The van der Waals surface area contributed by atoms with Gasteiger partial charge in [-0.15, -0.1) is 11.6 Å². The number of benzene rings is 1. The fourth-order valence-electron chi connectivity index (χ4n) is 2.80. The molecule has 0 fully saturated rings. The van der Waals surface area contributed by atoms with E-state index in [1.807, 2.05) is 0 Å². The standard InChI is InChI=1S/C18H17Cl2F6NO/c1-27-9-15(20)16(10-6-12(18(24,25)26)8-13(19)7-10)28-14-4-2-11(3-5-14)17(21,22)23/h2-6,8,10,15-16,27H,7,9H2,1H3/t10-,15+,16+/m1/s1. The summed E-state index contributed by atoms with van der Waals surface area (Å²) in [5.41, 5.74) is -1.78. The molecule has 0 aliphatic heterocycles. The molecule has 0 bridgehead atoms. The van der Waals surface area contributed by atoms with Gasteiger partial charge in [0.25, 0.3) is 0 Å². The number of allylic oxidation sites excluding steroid dienone is 3. The van der Waals surface area contributed by atoms with Gasteiger partial charge in [0.15, 0.2) is 0 Å². The molecule has 0 aromatic heterocycles. The van der Waals surface area contributed by atoms with Crippen molar-refractivity contribution in [1.29, 1.82) is 0 Å². The van der Waals surface area contributed by atoms with Gasteiger partial charge >= 0.3 is 12.4 Å². The molecule has 0 amide bonds. The zero-order valence-electron chi connectivity index (χ0n) is 14.5. The highest BCUT2D eigenvalue weighted by Crippen LogP contribution is 2.38. The fourth-order valence-corrected chi connectivity index (χ4v) is 3.49. The van der Waals surface area contributed by atoms with Crippen LogP contribution in [0.5, 0.6) is 5.75 Å². The van der Waals surface area contributed by atoms with Gasteiger partial charge in [-0.1, -0.05) is 17.7 Å². The third-order valence-corrected chi connectivity index (χ3v) is 4.76. The lowest BCUT2D eigenvalue weighted by Gasteiger charge is -2.32. The lowest BCUT2D eigenvalue weighted by Crippen LogP contribution is -2.41. The van der Waals surface area contributed by atoms with Gasteiger partial charge in [-0.05, 0) is 43.8 Å². The summed E-state index contributed by atoms with van der Waals surface area (Å²) in [6, 6.07) is 3.87. The molecule has 0 heterocycles. The highest BCUT2D eigenvalue weighted by atomic mass is 35.5. The summed E-state index contributed by atoms with van der Waals surface area (Å²) in [6.45, 7) is 0.208. The van der Waals surface area contributed by atoms with Crippen molar-refractivity contribution in [1.82, 2.24) is 5.32 Å². The van der Waals surface area contributed by atoms with Gasteiger partial charge in [-0.2, -0.15) is 26.3 Å². The summed E-state index contributed by atoms with van der Waals surface area (Å²) < 4.78 is 83.1. The maximum absolute atomic E-state index is 13.1. The average Bonchev–Trinajstić information content (AvgIpc) is 2.58. The Morgan fingerprint density at radius 3 is 2.21 bits per heavy atom. The molecule has 2 nitrogen and oxygen atoms in total. The van der Waals surface area contributed by atoms with Crippen molar-refractivity contribution in [2.24, 2.45) is 5.92 Å². The number of nitrogens with one attached hydrogen (secondary N) is 1. The zero-order valence-corrected chi connectivity index (χ0v) is 16.1. The largest absolute Gasteiger partial charge is 0.488 e. The normalized spacial score (nSPS) is 20.2. The van der Waals surface area contributed by atoms with E-state index in [9.17, 15) is 26.3 Å². The molecule has 3 atom stereocenters. The predicted octanol–water partition coefficient (Wildman–Crippen LogP) is 5.91. The summed E-state index contributed by atoms with van der Waals surface area (Å²) in [4.78, 5) is 0. The molecule has 0 unspecified atom stereocenters. The first-order valence-corrected chi connectivity index (χ1v) is 9.01. The summed E-state index contributed by atoms with van der Waals surface area (Å²) in [7, 11) is 1.61. The van der Waals surface area contributed by atoms with E-state index in [1.165, 1.54) is 0 Å². The summed E-state index contributed by atoms with van der Waals surface area (Å²) in [5.74, 6) is -0.750. The molecule has 0 spiro atoms. The van der Waals surface area contributed by atoms with Crippen LogP contribution in [0.4, 0.5) is 26.3 Å². The van der Waals surface area contributed by atoms with Gasteiger partial charge in [0, 0.05) is 17.5 Å². The van der Waals surface area contributed by atoms with E-state index >= 15 is 0 Å². The maximum atomic E-state index is 13.1. The summed E-state index contributed by atoms with van der Waals surface area (Å²) >= 11 is 12.2. The van der Waals surface area contributed by atoms with Gasteiger partial charge in [0.05, 0.1) is 16.5 Å². The van der Waals surface area contributed by atoms with E-state index in [2.05, 4.69) is 5.32 Å². The topological polar surface area (TPSA) is 21.3 Å². The fraction of sp³-hybridized carbons (Fsp3) is 0.444. The van der Waals surface area contributed by atoms with Crippen molar-refractivity contribution in [2.45, 2.75) is 30.3 Å². The molecule has 28 heavy (non-hydrogen) atoms. The third kappa shape index (κ3) is 6.06. The minimum Gasteiger partial charge on any atom is -0.488 e. The molecule has 156 valence electrons. The molecule has 10 heteroatoms. The van der Waals surface area contributed by atoms with Crippen LogP contribution in [0, 0.1) is 5.92 Å². The second kappa shape index (κ2) is 8.97. The number of hydrogen-bond donors (Lipinski definition) is 1. The van der Waals surface area contributed by atoms with E-state index < -0.39 is 40.9 Å². The van der Waals surface area contributed by atoms with Crippen molar-refractivity contribution < 1.29 is 31.1 Å². The Hall–Kier alpha value is -1.38. The van der Waals surface area contributed by atoms with Crippen molar-refractivity contribution in [2.75, 3.05) is 13.6 Å². The van der Waals surface area contributed by atoms with Crippen LogP contribution in [0.25, 0.3) is 0 Å². The lowest BCUT2D eigenvalue weighted by molar-refractivity contribution is -0.137. The highest BCUT2D eigenvalue weighted by Gasteiger charge is 2.39. The second-order valence-electron chi connectivity index (χ2n) is 6.26. The first-order valence-electron chi connectivity index (χ1n) is 8.19. The Labute approximate surface area is 168 Å². The highest BCUT2D eigenvalue weighted by molar-refractivity contribution is 6.29. The Bertz CT molecular complexity index is 727. The van der Waals surface area contributed by atoms with Crippen LogP contribution in [-0.2, 0) is 6.18 Å². The van der Waals surface area contributed by atoms with Gasteiger partial charge in [0.2, 0.25) is 0 Å². The van der Waals surface area contributed by atoms with Gasteiger partial charge in [-0.3, -0.25) is 0 Å². The molecular formula is C18H17Cl2F6NO. The minimum atomic E-state index is -4.59. The van der Waals surface area contributed by atoms with Gasteiger partial charge < -0.3 is 10.1 Å². The molecule has 1 aromatic carbocycles. The summed E-state index contributed by atoms with van der Waals surface area (Å²) in [6.07, 6.45) is -8.15. The van der Waals surface area contributed by atoms with E-state index in [0.29, 0.717) is 0 Å². The van der Waals surface area contributed by atoms with Crippen molar-refractivity contribution in [3.05, 3.63) is 52.6 Å². The van der Waals surface area contributed by atoms with Crippen LogP contribution in [0.3, 0.4) is 0 Å². The van der Waals surface area contributed by atoms with E-state index in [-0.39, 0.29) is 23.7 Å². The SMILES string of the molecule is CNC[C@H](Cl)[C@@H](Oc1ccc(C(F)(F)F)cc1)[C@@H]1C=C(C(F)(F)F)C=C(Cl)C1. The van der Waals surface area contributed by atoms with E-state index in [0.717, 1.165) is 36.4 Å². The smallest absolute Gasteiger partial charge is 0.416 e. The zero-order chi connectivity index (χ0) is 21.1. The predicted molar refractivity (Wildman–Crippen MR) is 95.6 cm³/mol. The molecular weight excluding hydrogens is 431 g/mol. The molecule has 0 saturated carbocycles. The Balaban J connectivity index is 2.30. The Kier molecular flexibility index (Phi) is 7.33. The van der Waals surface area contributed by atoms with Crippen molar-refractivity contribution in [3.8, 4) is 5.75 Å². The van der Waals surface area contributed by atoms with Crippen LogP contribution in [0.15, 0.2) is 47.0 Å². The molecule has 1 aromatic rings. The third-order valence-electron chi connectivity index (χ3n) is 4.10. The second-order valence-corrected chi connectivity index (χ2v) is 7.30.